The van der Waals surface area contributed by atoms with Crippen molar-refractivity contribution in [3.8, 4) is 0 Å². The molecular formula is C14H11F4N3O. The normalized spacial score (nSPS) is 18.0. The molecule has 0 radical (unpaired) electrons. The number of H-pyrrole nitrogens is 1. The number of halogens is 4. The van der Waals surface area contributed by atoms with E-state index in [0.29, 0.717) is 24.9 Å². The summed E-state index contributed by atoms with van der Waals surface area (Å²) in [5.41, 5.74) is -0.809. The second-order valence-electron chi connectivity index (χ2n) is 5.06. The maximum Gasteiger partial charge on any atom is 0.257 e. The van der Waals surface area contributed by atoms with E-state index in [-0.39, 0.29) is 12.5 Å². The second-order valence-corrected chi connectivity index (χ2v) is 5.06. The number of hydrogen-bond donors (Lipinski definition) is 1. The van der Waals surface area contributed by atoms with Crippen LogP contribution in [-0.4, -0.2) is 33.9 Å². The topological polar surface area (TPSA) is 49.0 Å². The number of nitrogens with one attached hydrogen (secondary N) is 1. The highest BCUT2D eigenvalue weighted by molar-refractivity contribution is 5.94. The summed E-state index contributed by atoms with van der Waals surface area (Å²) >= 11 is 0. The molecule has 0 bridgehead atoms. The SMILES string of the molecule is O=C(c1cc(F)c(F)c(F)c1F)N1CCC(c2ncc[nH]2)C1. The third-order valence-corrected chi connectivity index (χ3v) is 3.71. The molecule has 1 saturated heterocycles. The molecule has 2 aromatic rings. The van der Waals surface area contributed by atoms with Crippen molar-refractivity contribution in [1.82, 2.24) is 14.9 Å². The zero-order chi connectivity index (χ0) is 15.9. The monoisotopic (exact) mass is 313 g/mol. The molecule has 2 heterocycles. The van der Waals surface area contributed by atoms with Gasteiger partial charge in [0, 0.05) is 31.4 Å². The first kappa shape index (κ1) is 14.6. The molecule has 8 heteroatoms. The maximum atomic E-state index is 13.7. The molecule has 0 saturated carbocycles. The van der Waals surface area contributed by atoms with Crippen molar-refractivity contribution >= 4 is 5.91 Å². The number of hydrogen-bond acceptors (Lipinski definition) is 2. The fourth-order valence-electron chi connectivity index (χ4n) is 2.57. The van der Waals surface area contributed by atoms with Gasteiger partial charge in [-0.15, -0.1) is 0 Å². The predicted octanol–water partition coefficient (Wildman–Crippen LogP) is 2.60. The summed E-state index contributed by atoms with van der Waals surface area (Å²) in [6.45, 7) is 0.538. The zero-order valence-electron chi connectivity index (χ0n) is 11.2. The molecule has 22 heavy (non-hydrogen) atoms. The van der Waals surface area contributed by atoms with E-state index >= 15 is 0 Å². The summed E-state index contributed by atoms with van der Waals surface area (Å²) in [6.07, 6.45) is 3.81. The molecule has 1 fully saturated rings. The van der Waals surface area contributed by atoms with Crippen LogP contribution in [0.4, 0.5) is 17.6 Å². The molecule has 1 atom stereocenters. The molecule has 1 unspecified atom stereocenters. The maximum absolute atomic E-state index is 13.7. The van der Waals surface area contributed by atoms with Gasteiger partial charge in [-0.25, -0.2) is 22.5 Å². The van der Waals surface area contributed by atoms with Gasteiger partial charge in [0.05, 0.1) is 5.56 Å². The number of aromatic nitrogens is 2. The number of carbonyl (C=O) groups is 1. The highest BCUT2D eigenvalue weighted by Crippen LogP contribution is 2.27. The van der Waals surface area contributed by atoms with Crippen LogP contribution in [0.3, 0.4) is 0 Å². The Balaban J connectivity index is 1.84. The summed E-state index contributed by atoms with van der Waals surface area (Å²) in [4.78, 5) is 20.5. The summed E-state index contributed by atoms with van der Waals surface area (Å²) in [6, 6.07) is 0.385. The van der Waals surface area contributed by atoms with E-state index in [9.17, 15) is 22.4 Å². The molecule has 4 nitrogen and oxygen atoms in total. The van der Waals surface area contributed by atoms with Crippen LogP contribution in [0.5, 0.6) is 0 Å². The third kappa shape index (κ3) is 2.34. The van der Waals surface area contributed by atoms with Crippen molar-refractivity contribution in [2.24, 2.45) is 0 Å². The lowest BCUT2D eigenvalue weighted by Gasteiger charge is -2.17. The van der Waals surface area contributed by atoms with Crippen molar-refractivity contribution in [2.45, 2.75) is 12.3 Å². The number of aromatic amines is 1. The Morgan fingerprint density at radius 2 is 2.00 bits per heavy atom. The second kappa shape index (κ2) is 5.43. The highest BCUT2D eigenvalue weighted by atomic mass is 19.2. The average Bonchev–Trinajstić information content (AvgIpc) is 3.18. The number of nitrogens with zero attached hydrogens (tertiary/aromatic N) is 2. The Labute approximate surface area is 122 Å². The number of rotatable bonds is 2. The van der Waals surface area contributed by atoms with Crippen LogP contribution in [0.25, 0.3) is 0 Å². The lowest BCUT2D eigenvalue weighted by Crippen LogP contribution is -2.30. The Bertz CT molecular complexity index is 717. The Morgan fingerprint density at radius 1 is 1.23 bits per heavy atom. The van der Waals surface area contributed by atoms with Gasteiger partial charge < -0.3 is 9.88 Å². The summed E-state index contributed by atoms with van der Waals surface area (Å²) in [7, 11) is 0. The van der Waals surface area contributed by atoms with Crippen LogP contribution < -0.4 is 0 Å². The van der Waals surface area contributed by atoms with Gasteiger partial charge in [0.15, 0.2) is 23.3 Å². The minimum atomic E-state index is -1.98. The summed E-state index contributed by atoms with van der Waals surface area (Å²) < 4.78 is 53.0. The lowest BCUT2D eigenvalue weighted by atomic mass is 10.1. The van der Waals surface area contributed by atoms with Gasteiger partial charge >= 0.3 is 0 Å². The first-order valence-electron chi connectivity index (χ1n) is 6.60. The number of carbonyl (C=O) groups excluding carboxylic acids is 1. The van der Waals surface area contributed by atoms with Crippen LogP contribution in [0, 0.1) is 23.3 Å². The molecule has 0 aliphatic carbocycles. The first-order chi connectivity index (χ1) is 10.5. The van der Waals surface area contributed by atoms with E-state index in [0.717, 1.165) is 0 Å². The van der Waals surface area contributed by atoms with Crippen LogP contribution in [0.2, 0.25) is 0 Å². The van der Waals surface area contributed by atoms with Gasteiger partial charge in [-0.05, 0) is 12.5 Å². The largest absolute Gasteiger partial charge is 0.348 e. The van der Waals surface area contributed by atoms with Gasteiger partial charge in [-0.1, -0.05) is 0 Å². The number of likely N-dealkylation sites (tertiary alicyclic amines) is 1. The fourth-order valence-corrected chi connectivity index (χ4v) is 2.57. The minimum absolute atomic E-state index is 0.0582. The number of imidazole rings is 1. The Kier molecular flexibility index (Phi) is 3.59. The van der Waals surface area contributed by atoms with Crippen LogP contribution in [0.15, 0.2) is 18.5 Å². The average molecular weight is 313 g/mol. The number of benzene rings is 1. The predicted molar refractivity (Wildman–Crippen MR) is 68.1 cm³/mol. The van der Waals surface area contributed by atoms with Crippen molar-refractivity contribution in [1.29, 1.82) is 0 Å². The standard InChI is InChI=1S/C14H11F4N3O/c15-9-5-8(10(16)12(18)11(9)17)14(22)21-4-1-7(6-21)13-19-2-3-20-13/h2-3,5,7H,1,4,6H2,(H,19,20). The molecular weight excluding hydrogens is 302 g/mol. The minimum Gasteiger partial charge on any atom is -0.348 e. The smallest absolute Gasteiger partial charge is 0.257 e. The van der Waals surface area contributed by atoms with Gasteiger partial charge in [-0.3, -0.25) is 4.79 Å². The van der Waals surface area contributed by atoms with Gasteiger partial charge in [0.2, 0.25) is 0 Å². The van der Waals surface area contributed by atoms with Crippen LogP contribution in [-0.2, 0) is 0 Å². The van der Waals surface area contributed by atoms with Crippen LogP contribution >= 0.6 is 0 Å². The molecule has 1 amide bonds. The third-order valence-electron chi connectivity index (χ3n) is 3.71. The van der Waals surface area contributed by atoms with E-state index in [1.165, 1.54) is 4.90 Å². The van der Waals surface area contributed by atoms with E-state index < -0.39 is 34.7 Å². The van der Waals surface area contributed by atoms with Crippen molar-refractivity contribution < 1.29 is 22.4 Å². The van der Waals surface area contributed by atoms with E-state index in [1.54, 1.807) is 12.4 Å². The quantitative estimate of drug-likeness (QED) is 0.526. The molecule has 0 spiro atoms. The molecule has 1 aliphatic heterocycles. The molecule has 1 aromatic heterocycles. The molecule has 1 aromatic carbocycles. The summed E-state index contributed by atoms with van der Waals surface area (Å²) in [5.74, 6) is -7.42. The van der Waals surface area contributed by atoms with Crippen molar-refractivity contribution in [3.63, 3.8) is 0 Å². The fraction of sp³-hybridized carbons (Fsp3) is 0.286. The van der Waals surface area contributed by atoms with Crippen LogP contribution in [0.1, 0.15) is 28.5 Å². The van der Waals surface area contributed by atoms with Gasteiger partial charge in [0.25, 0.3) is 5.91 Å². The molecule has 1 N–H and O–H groups in total. The van der Waals surface area contributed by atoms with Crippen molar-refractivity contribution in [2.75, 3.05) is 13.1 Å². The summed E-state index contributed by atoms with van der Waals surface area (Å²) in [5, 5.41) is 0. The van der Waals surface area contributed by atoms with Crippen molar-refractivity contribution in [3.05, 3.63) is 53.1 Å². The van der Waals surface area contributed by atoms with E-state index in [4.69, 9.17) is 0 Å². The zero-order valence-corrected chi connectivity index (χ0v) is 11.2. The Morgan fingerprint density at radius 3 is 2.68 bits per heavy atom. The first-order valence-corrected chi connectivity index (χ1v) is 6.60. The number of amides is 1. The molecule has 1 aliphatic rings. The van der Waals surface area contributed by atoms with E-state index in [2.05, 4.69) is 9.97 Å². The lowest BCUT2D eigenvalue weighted by molar-refractivity contribution is 0.0783. The van der Waals surface area contributed by atoms with E-state index in [1.807, 2.05) is 0 Å². The van der Waals surface area contributed by atoms with Gasteiger partial charge in [-0.2, -0.15) is 0 Å². The van der Waals surface area contributed by atoms with Gasteiger partial charge in [0.1, 0.15) is 5.82 Å². The molecule has 3 rings (SSSR count). The molecule has 116 valence electrons. The Hall–Kier alpha value is -2.38. The highest BCUT2D eigenvalue weighted by Gasteiger charge is 2.32.